The molecule has 0 aromatic carbocycles. The molecule has 5 nitrogen and oxygen atoms in total. The molecule has 0 fully saturated rings. The smallest absolute Gasteiger partial charge is 0.222 e. The predicted octanol–water partition coefficient (Wildman–Crippen LogP) is 1.81. The third-order valence-electron chi connectivity index (χ3n) is 2.74. The number of aliphatic hydroxyl groups excluding tert-OH is 1. The highest BCUT2D eigenvalue weighted by molar-refractivity contribution is 9.10. The highest BCUT2D eigenvalue weighted by atomic mass is 79.9. The SMILES string of the molecule is CCC(CC)N(CCO)c1nc(N)ncc1Br. The second-order valence-electron chi connectivity index (χ2n) is 3.79. The van der Waals surface area contributed by atoms with Crippen LogP contribution in [0.4, 0.5) is 11.8 Å². The van der Waals surface area contributed by atoms with Crippen LogP contribution >= 0.6 is 15.9 Å². The second kappa shape index (κ2) is 6.76. The van der Waals surface area contributed by atoms with E-state index in [9.17, 15) is 0 Å². The Morgan fingerprint density at radius 3 is 2.65 bits per heavy atom. The molecule has 0 aliphatic heterocycles. The van der Waals surface area contributed by atoms with E-state index in [1.54, 1.807) is 6.20 Å². The zero-order valence-corrected chi connectivity index (χ0v) is 11.8. The molecular formula is C11H19BrN4O. The molecule has 0 spiro atoms. The molecule has 0 saturated carbocycles. The van der Waals surface area contributed by atoms with Crippen molar-refractivity contribution in [2.45, 2.75) is 32.7 Å². The van der Waals surface area contributed by atoms with E-state index in [0.29, 0.717) is 12.6 Å². The molecule has 0 aliphatic rings. The Labute approximate surface area is 110 Å². The lowest BCUT2D eigenvalue weighted by Crippen LogP contribution is -2.37. The Balaban J connectivity index is 3.07. The van der Waals surface area contributed by atoms with Crippen LogP contribution in [0.3, 0.4) is 0 Å². The summed E-state index contributed by atoms with van der Waals surface area (Å²) in [4.78, 5) is 10.2. The van der Waals surface area contributed by atoms with Gasteiger partial charge in [0.1, 0.15) is 5.82 Å². The van der Waals surface area contributed by atoms with E-state index in [1.807, 2.05) is 0 Å². The molecule has 1 rings (SSSR count). The zero-order valence-electron chi connectivity index (χ0n) is 10.2. The number of halogens is 1. The zero-order chi connectivity index (χ0) is 12.8. The van der Waals surface area contributed by atoms with Crippen molar-refractivity contribution in [1.82, 2.24) is 9.97 Å². The van der Waals surface area contributed by atoms with Gasteiger partial charge in [-0.15, -0.1) is 0 Å². The van der Waals surface area contributed by atoms with Gasteiger partial charge in [-0.25, -0.2) is 4.98 Å². The first kappa shape index (κ1) is 14.2. The first-order valence-corrected chi connectivity index (χ1v) is 6.58. The van der Waals surface area contributed by atoms with E-state index in [-0.39, 0.29) is 12.6 Å². The maximum absolute atomic E-state index is 9.17. The standard InChI is InChI=1S/C11H19BrN4O/c1-3-8(4-2)16(5-6-17)10-9(12)7-14-11(13)15-10/h7-8,17H,3-6H2,1-2H3,(H2,13,14,15). The summed E-state index contributed by atoms with van der Waals surface area (Å²) in [5.74, 6) is 0.998. The maximum atomic E-state index is 9.17. The number of hydrogen-bond donors (Lipinski definition) is 2. The Kier molecular flexibility index (Phi) is 5.64. The van der Waals surface area contributed by atoms with Crippen molar-refractivity contribution in [3.63, 3.8) is 0 Å². The minimum atomic E-state index is 0.0901. The summed E-state index contributed by atoms with van der Waals surface area (Å²) >= 11 is 3.42. The molecule has 6 heteroatoms. The highest BCUT2D eigenvalue weighted by Crippen LogP contribution is 2.26. The van der Waals surface area contributed by atoms with Crippen LogP contribution in [-0.2, 0) is 0 Å². The molecule has 1 aromatic rings. The predicted molar refractivity (Wildman–Crippen MR) is 72.9 cm³/mol. The van der Waals surface area contributed by atoms with Crippen LogP contribution in [0.25, 0.3) is 0 Å². The molecule has 0 bridgehead atoms. The van der Waals surface area contributed by atoms with Crippen molar-refractivity contribution < 1.29 is 5.11 Å². The van der Waals surface area contributed by atoms with Gasteiger partial charge in [0.05, 0.1) is 11.1 Å². The summed E-state index contributed by atoms with van der Waals surface area (Å²) in [5.41, 5.74) is 5.61. The third-order valence-corrected chi connectivity index (χ3v) is 3.30. The van der Waals surface area contributed by atoms with Crippen LogP contribution in [0, 0.1) is 0 Å². The van der Waals surface area contributed by atoms with Crippen molar-refractivity contribution in [3.05, 3.63) is 10.7 Å². The van der Waals surface area contributed by atoms with Gasteiger partial charge in [0.15, 0.2) is 0 Å². The van der Waals surface area contributed by atoms with Crippen LogP contribution < -0.4 is 10.6 Å². The highest BCUT2D eigenvalue weighted by Gasteiger charge is 2.19. The number of nitrogens with zero attached hydrogens (tertiary/aromatic N) is 3. The molecule has 1 aromatic heterocycles. The number of nitrogens with two attached hydrogens (primary N) is 1. The molecular weight excluding hydrogens is 284 g/mol. The summed E-state index contributed by atoms with van der Waals surface area (Å²) in [6.45, 7) is 4.88. The van der Waals surface area contributed by atoms with Gasteiger partial charge in [0.25, 0.3) is 0 Å². The summed E-state index contributed by atoms with van der Waals surface area (Å²) in [5, 5.41) is 9.17. The van der Waals surface area contributed by atoms with Gasteiger partial charge in [-0.1, -0.05) is 13.8 Å². The third kappa shape index (κ3) is 3.54. The molecule has 96 valence electrons. The quantitative estimate of drug-likeness (QED) is 0.838. The van der Waals surface area contributed by atoms with Gasteiger partial charge in [-0.3, -0.25) is 0 Å². The van der Waals surface area contributed by atoms with E-state index in [0.717, 1.165) is 23.1 Å². The molecule has 17 heavy (non-hydrogen) atoms. The van der Waals surface area contributed by atoms with Crippen LogP contribution in [0.2, 0.25) is 0 Å². The Morgan fingerprint density at radius 1 is 1.47 bits per heavy atom. The topological polar surface area (TPSA) is 75.3 Å². The van der Waals surface area contributed by atoms with E-state index in [2.05, 4.69) is 44.6 Å². The van der Waals surface area contributed by atoms with Crippen LogP contribution in [0.15, 0.2) is 10.7 Å². The Hall–Kier alpha value is -0.880. The van der Waals surface area contributed by atoms with Crippen molar-refractivity contribution in [1.29, 1.82) is 0 Å². The lowest BCUT2D eigenvalue weighted by molar-refractivity contribution is 0.295. The average Bonchev–Trinajstić information content (AvgIpc) is 2.33. The van der Waals surface area contributed by atoms with E-state index >= 15 is 0 Å². The molecule has 1 heterocycles. The monoisotopic (exact) mass is 302 g/mol. The fraction of sp³-hybridized carbons (Fsp3) is 0.636. The molecule has 0 atom stereocenters. The lowest BCUT2D eigenvalue weighted by atomic mass is 10.1. The van der Waals surface area contributed by atoms with Crippen molar-refractivity contribution in [2.24, 2.45) is 0 Å². The van der Waals surface area contributed by atoms with Gasteiger partial charge in [-0.2, -0.15) is 4.98 Å². The molecule has 0 saturated heterocycles. The second-order valence-corrected chi connectivity index (χ2v) is 4.64. The number of aliphatic hydroxyl groups is 1. The average molecular weight is 303 g/mol. The largest absolute Gasteiger partial charge is 0.395 e. The first-order valence-electron chi connectivity index (χ1n) is 5.79. The molecule has 0 radical (unpaired) electrons. The molecule has 0 amide bonds. The van der Waals surface area contributed by atoms with Crippen molar-refractivity contribution >= 4 is 27.7 Å². The van der Waals surface area contributed by atoms with E-state index in [1.165, 1.54) is 0 Å². The number of aromatic nitrogens is 2. The van der Waals surface area contributed by atoms with Gasteiger partial charge in [-0.05, 0) is 28.8 Å². The van der Waals surface area contributed by atoms with E-state index < -0.39 is 0 Å². The number of hydrogen-bond acceptors (Lipinski definition) is 5. The normalized spacial score (nSPS) is 10.9. The van der Waals surface area contributed by atoms with Crippen LogP contribution in [0.5, 0.6) is 0 Å². The van der Waals surface area contributed by atoms with E-state index in [4.69, 9.17) is 10.8 Å². The maximum Gasteiger partial charge on any atom is 0.222 e. The fourth-order valence-electron chi connectivity index (χ4n) is 1.87. The van der Waals surface area contributed by atoms with Gasteiger partial charge in [0, 0.05) is 18.8 Å². The Morgan fingerprint density at radius 2 is 2.12 bits per heavy atom. The first-order chi connectivity index (χ1) is 8.13. The van der Waals surface area contributed by atoms with Crippen LogP contribution in [-0.4, -0.2) is 34.3 Å². The fourth-order valence-corrected chi connectivity index (χ4v) is 2.29. The van der Waals surface area contributed by atoms with Crippen LogP contribution in [0.1, 0.15) is 26.7 Å². The van der Waals surface area contributed by atoms with Crippen molar-refractivity contribution in [3.8, 4) is 0 Å². The van der Waals surface area contributed by atoms with Crippen molar-refractivity contribution in [2.75, 3.05) is 23.8 Å². The summed E-state index contributed by atoms with van der Waals surface area (Å²) in [6.07, 6.45) is 3.63. The van der Waals surface area contributed by atoms with Gasteiger partial charge in [0.2, 0.25) is 5.95 Å². The van der Waals surface area contributed by atoms with Gasteiger partial charge < -0.3 is 15.7 Å². The summed E-state index contributed by atoms with van der Waals surface area (Å²) in [7, 11) is 0. The number of rotatable bonds is 6. The minimum Gasteiger partial charge on any atom is -0.395 e. The Bertz CT molecular complexity index is 357. The molecule has 0 unspecified atom stereocenters. The minimum absolute atomic E-state index is 0.0901. The summed E-state index contributed by atoms with van der Waals surface area (Å²) < 4.78 is 0.798. The molecule has 0 aliphatic carbocycles. The number of anilines is 2. The summed E-state index contributed by atoms with van der Waals surface area (Å²) in [6, 6.07) is 0.341. The van der Waals surface area contributed by atoms with Gasteiger partial charge >= 0.3 is 0 Å². The molecule has 3 N–H and O–H groups in total. The number of nitrogen functional groups attached to an aromatic ring is 1. The lowest BCUT2D eigenvalue weighted by Gasteiger charge is -2.31.